The topological polar surface area (TPSA) is 50.7 Å². The van der Waals surface area contributed by atoms with Crippen LogP contribution in [-0.4, -0.2) is 24.9 Å². The Hall–Kier alpha value is -0.980. The second kappa shape index (κ2) is 11.7. The van der Waals surface area contributed by atoms with E-state index in [1.807, 2.05) is 43.3 Å². The van der Waals surface area contributed by atoms with Gasteiger partial charge < -0.3 is 19.9 Å². The predicted octanol–water partition coefficient (Wildman–Crippen LogP) is 4.97. The van der Waals surface area contributed by atoms with Gasteiger partial charge >= 0.3 is 0 Å². The number of aliphatic hydroxyl groups excluding tert-OH is 1. The number of benzene rings is 2. The molecule has 0 aromatic heterocycles. The molecule has 0 aliphatic rings. The van der Waals surface area contributed by atoms with Crippen LogP contribution >= 0.6 is 39.9 Å². The van der Waals surface area contributed by atoms with Crippen LogP contribution in [0.1, 0.15) is 24.5 Å². The lowest BCUT2D eigenvalue weighted by Crippen LogP contribution is -2.31. The van der Waals surface area contributed by atoms with Gasteiger partial charge in [0.15, 0.2) is 11.5 Å². The van der Waals surface area contributed by atoms with E-state index in [0.717, 1.165) is 22.0 Å². The number of aliphatic hydroxyl groups is 1. The first-order chi connectivity index (χ1) is 12.1. The number of halogens is 3. The third-order valence-corrected chi connectivity index (χ3v) is 4.73. The van der Waals surface area contributed by atoms with Crippen LogP contribution in [0.4, 0.5) is 0 Å². The molecule has 2 aromatic carbocycles. The van der Waals surface area contributed by atoms with E-state index in [1.54, 1.807) is 7.11 Å². The largest absolute Gasteiger partial charge is 0.493 e. The zero-order valence-electron chi connectivity index (χ0n) is 14.8. The quantitative estimate of drug-likeness (QED) is 0.549. The normalized spacial score (nSPS) is 11.6. The Morgan fingerprint density at radius 1 is 1.19 bits per heavy atom. The van der Waals surface area contributed by atoms with Crippen LogP contribution in [-0.2, 0) is 13.2 Å². The van der Waals surface area contributed by atoms with Crippen molar-refractivity contribution in [3.8, 4) is 11.5 Å². The highest BCUT2D eigenvalue weighted by atomic mass is 79.9. The van der Waals surface area contributed by atoms with Gasteiger partial charge in [-0.1, -0.05) is 30.7 Å². The molecule has 0 radical (unpaired) electrons. The molecular formula is C19H24BrCl2NO3. The maximum absolute atomic E-state index is 9.27. The standard InChI is InChI=1S/C19H23BrClNO3.ClH/c1-3-16(11-23)22-10-14-8-17(20)19(18(9-14)24-2)25-12-13-4-6-15(21)7-5-13;/h4-9,16,22-23H,3,10-12H2,1-2H3;1H. The number of hydrogen-bond acceptors (Lipinski definition) is 4. The van der Waals surface area contributed by atoms with Crippen molar-refractivity contribution >= 4 is 39.9 Å². The van der Waals surface area contributed by atoms with Gasteiger partial charge in [0.25, 0.3) is 0 Å². The molecule has 2 aromatic rings. The van der Waals surface area contributed by atoms with Crippen LogP contribution in [0.25, 0.3) is 0 Å². The number of ether oxygens (including phenoxy) is 2. The molecule has 144 valence electrons. The molecule has 1 atom stereocenters. The minimum Gasteiger partial charge on any atom is -0.493 e. The summed E-state index contributed by atoms with van der Waals surface area (Å²) in [6.07, 6.45) is 0.872. The molecule has 26 heavy (non-hydrogen) atoms. The van der Waals surface area contributed by atoms with E-state index in [4.69, 9.17) is 21.1 Å². The van der Waals surface area contributed by atoms with E-state index in [1.165, 1.54) is 0 Å². The summed E-state index contributed by atoms with van der Waals surface area (Å²) in [6.45, 7) is 3.23. The van der Waals surface area contributed by atoms with Crippen molar-refractivity contribution in [2.24, 2.45) is 0 Å². The predicted molar refractivity (Wildman–Crippen MR) is 112 cm³/mol. The highest BCUT2D eigenvalue weighted by molar-refractivity contribution is 9.10. The Kier molecular flexibility index (Phi) is 10.4. The Morgan fingerprint density at radius 3 is 2.46 bits per heavy atom. The molecular weight excluding hydrogens is 441 g/mol. The third-order valence-electron chi connectivity index (χ3n) is 3.89. The molecule has 0 spiro atoms. The molecule has 0 fully saturated rings. The van der Waals surface area contributed by atoms with Crippen LogP contribution < -0.4 is 14.8 Å². The molecule has 4 nitrogen and oxygen atoms in total. The van der Waals surface area contributed by atoms with Crippen molar-refractivity contribution in [2.45, 2.75) is 32.5 Å². The van der Waals surface area contributed by atoms with Gasteiger partial charge in [-0.05, 0) is 57.7 Å². The molecule has 0 saturated carbocycles. The third kappa shape index (κ3) is 6.63. The van der Waals surface area contributed by atoms with Gasteiger partial charge in [-0.2, -0.15) is 0 Å². The average Bonchev–Trinajstić information content (AvgIpc) is 2.62. The first-order valence-electron chi connectivity index (χ1n) is 8.15. The van der Waals surface area contributed by atoms with Crippen molar-refractivity contribution < 1.29 is 14.6 Å². The van der Waals surface area contributed by atoms with E-state index >= 15 is 0 Å². The monoisotopic (exact) mass is 463 g/mol. The Bertz CT molecular complexity index is 679. The maximum atomic E-state index is 9.27. The van der Waals surface area contributed by atoms with E-state index in [9.17, 15) is 5.11 Å². The summed E-state index contributed by atoms with van der Waals surface area (Å²) >= 11 is 9.46. The summed E-state index contributed by atoms with van der Waals surface area (Å²) in [4.78, 5) is 0. The van der Waals surface area contributed by atoms with E-state index < -0.39 is 0 Å². The smallest absolute Gasteiger partial charge is 0.175 e. The first-order valence-corrected chi connectivity index (χ1v) is 9.32. The van der Waals surface area contributed by atoms with Gasteiger partial charge in [-0.15, -0.1) is 12.4 Å². The Balaban J connectivity index is 0.00000338. The van der Waals surface area contributed by atoms with Gasteiger partial charge in [0, 0.05) is 17.6 Å². The molecule has 0 aliphatic carbocycles. The summed E-state index contributed by atoms with van der Waals surface area (Å²) < 4.78 is 12.2. The fourth-order valence-electron chi connectivity index (χ4n) is 2.35. The fraction of sp³-hybridized carbons (Fsp3) is 0.368. The van der Waals surface area contributed by atoms with Crippen LogP contribution in [0.2, 0.25) is 5.02 Å². The lowest BCUT2D eigenvalue weighted by atomic mass is 10.1. The van der Waals surface area contributed by atoms with Crippen LogP contribution in [0.5, 0.6) is 11.5 Å². The van der Waals surface area contributed by atoms with E-state index in [-0.39, 0.29) is 25.1 Å². The van der Waals surface area contributed by atoms with E-state index in [2.05, 4.69) is 21.2 Å². The fourth-order valence-corrected chi connectivity index (χ4v) is 3.08. The summed E-state index contributed by atoms with van der Waals surface area (Å²) in [5.74, 6) is 1.33. The minimum atomic E-state index is 0. The highest BCUT2D eigenvalue weighted by Crippen LogP contribution is 2.37. The highest BCUT2D eigenvalue weighted by Gasteiger charge is 2.13. The number of nitrogens with one attached hydrogen (secondary N) is 1. The Labute approximate surface area is 174 Å². The minimum absolute atomic E-state index is 0. The van der Waals surface area contributed by atoms with Crippen LogP contribution in [0.3, 0.4) is 0 Å². The van der Waals surface area contributed by atoms with Gasteiger partial charge in [0.1, 0.15) is 6.61 Å². The molecule has 2 N–H and O–H groups in total. The zero-order chi connectivity index (χ0) is 18.2. The second-order valence-electron chi connectivity index (χ2n) is 5.69. The van der Waals surface area contributed by atoms with E-state index in [0.29, 0.717) is 29.7 Å². The average molecular weight is 465 g/mol. The van der Waals surface area contributed by atoms with Crippen LogP contribution in [0, 0.1) is 0 Å². The lowest BCUT2D eigenvalue weighted by Gasteiger charge is -2.17. The molecule has 0 amide bonds. The summed E-state index contributed by atoms with van der Waals surface area (Å²) in [6, 6.07) is 11.6. The zero-order valence-corrected chi connectivity index (χ0v) is 18.0. The number of hydrogen-bond donors (Lipinski definition) is 2. The maximum Gasteiger partial charge on any atom is 0.175 e. The molecule has 0 bridgehead atoms. The first kappa shape index (κ1) is 23.1. The number of methoxy groups -OCH3 is 1. The number of rotatable bonds is 9. The summed E-state index contributed by atoms with van der Waals surface area (Å²) in [5, 5.41) is 13.3. The molecule has 2 rings (SSSR count). The Morgan fingerprint density at radius 2 is 1.88 bits per heavy atom. The SMILES string of the molecule is CCC(CO)NCc1cc(Br)c(OCc2ccc(Cl)cc2)c(OC)c1.Cl. The van der Waals surface area contributed by atoms with Crippen molar-refractivity contribution in [1.29, 1.82) is 0 Å². The molecule has 1 unspecified atom stereocenters. The molecule has 7 heteroatoms. The lowest BCUT2D eigenvalue weighted by molar-refractivity contribution is 0.238. The van der Waals surface area contributed by atoms with Crippen molar-refractivity contribution in [3.63, 3.8) is 0 Å². The van der Waals surface area contributed by atoms with Gasteiger partial charge in [0.05, 0.1) is 18.2 Å². The van der Waals surface area contributed by atoms with Gasteiger partial charge in [-0.3, -0.25) is 0 Å². The van der Waals surface area contributed by atoms with Gasteiger partial charge in [0.2, 0.25) is 0 Å². The van der Waals surface area contributed by atoms with Gasteiger partial charge in [-0.25, -0.2) is 0 Å². The van der Waals surface area contributed by atoms with Crippen molar-refractivity contribution in [1.82, 2.24) is 5.32 Å². The summed E-state index contributed by atoms with van der Waals surface area (Å²) in [7, 11) is 1.62. The molecule has 0 aliphatic heterocycles. The summed E-state index contributed by atoms with van der Waals surface area (Å²) in [5.41, 5.74) is 2.08. The molecule has 0 heterocycles. The van der Waals surface area contributed by atoms with Crippen molar-refractivity contribution in [3.05, 3.63) is 57.0 Å². The molecule has 0 saturated heterocycles. The van der Waals surface area contributed by atoms with Crippen molar-refractivity contribution in [2.75, 3.05) is 13.7 Å². The second-order valence-corrected chi connectivity index (χ2v) is 6.98. The van der Waals surface area contributed by atoms with Crippen LogP contribution in [0.15, 0.2) is 40.9 Å².